The van der Waals surface area contributed by atoms with E-state index in [0.717, 1.165) is 26.4 Å². The third-order valence-electron chi connectivity index (χ3n) is 9.66. The number of pyridine rings is 1. The van der Waals surface area contributed by atoms with Crippen LogP contribution in [-0.4, -0.2) is 102 Å². The summed E-state index contributed by atoms with van der Waals surface area (Å²) in [4.78, 5) is 56.4. The van der Waals surface area contributed by atoms with E-state index in [1.54, 1.807) is 18.5 Å². The van der Waals surface area contributed by atoms with E-state index >= 15 is 4.39 Å². The minimum absolute atomic E-state index is 0.00335. The molecule has 2 fully saturated rings. The van der Waals surface area contributed by atoms with Gasteiger partial charge >= 0.3 is 0 Å². The highest BCUT2D eigenvalue weighted by Gasteiger charge is 2.40. The Hall–Kier alpha value is -5.66. The second-order valence-corrected chi connectivity index (χ2v) is 14.3. The molecule has 0 aliphatic carbocycles. The molecule has 53 heavy (non-hydrogen) atoms. The van der Waals surface area contributed by atoms with Crippen molar-refractivity contribution < 1.29 is 27.5 Å². The van der Waals surface area contributed by atoms with E-state index in [2.05, 4.69) is 54.3 Å². The predicted molar refractivity (Wildman–Crippen MR) is 191 cm³/mol. The smallest absolute Gasteiger partial charge is 0.282 e. The highest BCUT2D eigenvalue weighted by Crippen LogP contribution is 2.33. The first-order chi connectivity index (χ1) is 25.5. The maximum atomic E-state index is 15.3. The van der Waals surface area contributed by atoms with Gasteiger partial charge in [-0.25, -0.2) is 23.6 Å². The lowest BCUT2D eigenvalue weighted by atomic mass is 10.0. The van der Waals surface area contributed by atoms with E-state index in [1.165, 1.54) is 23.4 Å². The molecule has 274 valence electrons. The molecule has 3 aliphatic heterocycles. The zero-order valence-electron chi connectivity index (χ0n) is 28.8. The number of hydrogen-bond donors (Lipinski definition) is 3. The number of fused-ring (bicyclic) bond motifs is 2. The van der Waals surface area contributed by atoms with Gasteiger partial charge in [-0.2, -0.15) is 14.3 Å². The van der Waals surface area contributed by atoms with Crippen molar-refractivity contribution in [3.63, 3.8) is 0 Å². The Morgan fingerprint density at radius 3 is 2.62 bits per heavy atom. The minimum Gasteiger partial charge on any atom is -0.352 e. The lowest BCUT2D eigenvalue weighted by Crippen LogP contribution is -2.52. The zero-order chi connectivity index (χ0) is 37.0. The first-order valence-corrected chi connectivity index (χ1v) is 18.2. The molecule has 0 bridgehead atoms. The standard InChI is InChI=1S/C34H35FN12O5S/c1-19(2)47-26-13-28(39-27-5-6-36-31(40-27)22-14-38-46(18-22)53(51)52)37-15-23(26)32(42-47)44-9-7-43(8-10-44)16-20-11-21-17-45(34(50)30(21)24(35)12-20)25-3-4-29(48)41-33(25)49/h5-6,11-15,18-19,25H,3-4,7-10,16-17H2,1-2H3,(H,51,52)(H,41,48,49)(H,36,37,39,40). The molecule has 0 saturated carbocycles. The molecule has 8 rings (SSSR count). The van der Waals surface area contributed by atoms with Crippen molar-refractivity contribution in [3.05, 3.63) is 71.6 Å². The summed E-state index contributed by atoms with van der Waals surface area (Å²) in [6.45, 7) is 7.51. The van der Waals surface area contributed by atoms with Crippen molar-refractivity contribution >= 4 is 57.3 Å². The van der Waals surface area contributed by atoms with Crippen LogP contribution in [0.5, 0.6) is 0 Å². The molecule has 2 unspecified atom stereocenters. The van der Waals surface area contributed by atoms with E-state index in [-0.39, 0.29) is 36.9 Å². The fraction of sp³-hybridized carbons (Fsp3) is 0.353. The summed E-state index contributed by atoms with van der Waals surface area (Å²) in [6.07, 6.45) is 6.53. The van der Waals surface area contributed by atoms with Crippen LogP contribution in [-0.2, 0) is 33.9 Å². The van der Waals surface area contributed by atoms with Crippen LogP contribution < -0.4 is 15.5 Å². The van der Waals surface area contributed by atoms with Gasteiger partial charge in [0.05, 0.1) is 34.4 Å². The number of piperidine rings is 1. The lowest BCUT2D eigenvalue weighted by Gasteiger charge is -2.35. The van der Waals surface area contributed by atoms with Gasteiger partial charge in [-0.1, -0.05) is 6.07 Å². The van der Waals surface area contributed by atoms with Crippen molar-refractivity contribution in [1.29, 1.82) is 0 Å². The number of rotatable bonds is 9. The maximum Gasteiger partial charge on any atom is 0.282 e. The molecule has 4 aromatic heterocycles. The quantitative estimate of drug-likeness (QED) is 0.147. The van der Waals surface area contributed by atoms with Gasteiger partial charge in [0, 0.05) is 70.2 Å². The van der Waals surface area contributed by atoms with Crippen LogP contribution >= 0.6 is 0 Å². The number of anilines is 3. The van der Waals surface area contributed by atoms with Crippen molar-refractivity contribution in [2.45, 2.75) is 51.9 Å². The number of nitrogens with one attached hydrogen (secondary N) is 2. The summed E-state index contributed by atoms with van der Waals surface area (Å²) in [7, 11) is 0. The van der Waals surface area contributed by atoms with Gasteiger partial charge in [-0.15, -0.1) is 0 Å². The molecule has 3 N–H and O–H groups in total. The molecule has 2 saturated heterocycles. The predicted octanol–water partition coefficient (Wildman–Crippen LogP) is 2.62. The van der Waals surface area contributed by atoms with Crippen molar-refractivity contribution in [1.82, 2.24) is 49.0 Å². The van der Waals surface area contributed by atoms with Crippen LogP contribution in [0.4, 0.5) is 21.8 Å². The molecule has 7 heterocycles. The topological polar surface area (TPSA) is 197 Å². The summed E-state index contributed by atoms with van der Waals surface area (Å²) in [5.74, 6) is 0.169. The molecule has 17 nitrogen and oxygen atoms in total. The first kappa shape index (κ1) is 34.4. The number of nitrogens with zero attached hydrogens (tertiary/aromatic N) is 10. The zero-order valence-corrected chi connectivity index (χ0v) is 29.6. The summed E-state index contributed by atoms with van der Waals surface area (Å²) in [5.41, 5.74) is 2.67. The number of piperazine rings is 1. The highest BCUT2D eigenvalue weighted by atomic mass is 32.2. The number of carbonyl (C=O) groups is 3. The van der Waals surface area contributed by atoms with E-state index in [1.807, 2.05) is 16.8 Å². The third-order valence-corrected chi connectivity index (χ3v) is 10.2. The Morgan fingerprint density at radius 1 is 1.08 bits per heavy atom. The molecule has 19 heteroatoms. The molecule has 3 aliphatic rings. The Kier molecular flexibility index (Phi) is 8.91. The molecule has 5 aromatic rings. The first-order valence-electron chi connectivity index (χ1n) is 17.1. The van der Waals surface area contributed by atoms with Crippen LogP contribution in [0.25, 0.3) is 22.3 Å². The average Bonchev–Trinajstić information content (AvgIpc) is 3.85. The second-order valence-electron chi connectivity index (χ2n) is 13.5. The largest absolute Gasteiger partial charge is 0.352 e. The number of benzene rings is 1. The molecule has 1 aromatic carbocycles. The van der Waals surface area contributed by atoms with Crippen molar-refractivity contribution in [2.24, 2.45) is 0 Å². The molecule has 3 amide bonds. The summed E-state index contributed by atoms with van der Waals surface area (Å²) < 4.78 is 38.8. The number of imide groups is 1. The average molecular weight is 743 g/mol. The normalized spacial score (nSPS) is 18.6. The van der Waals surface area contributed by atoms with Gasteiger partial charge in [0.1, 0.15) is 23.5 Å². The Labute approximate surface area is 304 Å². The lowest BCUT2D eigenvalue weighted by molar-refractivity contribution is -0.136. The summed E-state index contributed by atoms with van der Waals surface area (Å²) in [6, 6.07) is 6.14. The van der Waals surface area contributed by atoms with Crippen LogP contribution in [0, 0.1) is 5.82 Å². The number of amides is 3. The van der Waals surface area contributed by atoms with Crippen molar-refractivity contribution in [3.8, 4) is 11.4 Å². The molecular formula is C34H35FN12O5S. The Balaban J connectivity index is 0.945. The SMILES string of the molecule is CC(C)n1nc(N2CCN(Cc3cc(F)c4c(c3)CN(C3CCC(=O)NC3=O)C4=O)CC2)c2cnc(Nc3ccnc(-c4cnn(S(=O)O)c4)n3)cc21. The number of halogens is 1. The van der Waals surface area contributed by atoms with Gasteiger partial charge in [-0.3, -0.25) is 33.8 Å². The monoisotopic (exact) mass is 742 g/mol. The highest BCUT2D eigenvalue weighted by molar-refractivity contribution is 7.77. The van der Waals surface area contributed by atoms with E-state index in [4.69, 9.17) is 5.10 Å². The molecule has 2 atom stereocenters. The fourth-order valence-electron chi connectivity index (χ4n) is 7.10. The van der Waals surface area contributed by atoms with Crippen LogP contribution in [0.2, 0.25) is 0 Å². The summed E-state index contributed by atoms with van der Waals surface area (Å²) in [5, 5.41) is 15.3. The Bertz CT molecular complexity index is 2300. The molecule has 0 radical (unpaired) electrons. The van der Waals surface area contributed by atoms with E-state index < -0.39 is 34.9 Å². The van der Waals surface area contributed by atoms with Crippen LogP contribution in [0.15, 0.2) is 49.1 Å². The van der Waals surface area contributed by atoms with Crippen LogP contribution in [0.1, 0.15) is 54.2 Å². The summed E-state index contributed by atoms with van der Waals surface area (Å²) >= 11 is -2.28. The molecule has 0 spiro atoms. The van der Waals surface area contributed by atoms with Gasteiger partial charge in [0.25, 0.3) is 17.2 Å². The fourth-order valence-corrected chi connectivity index (χ4v) is 7.44. The number of carbonyl (C=O) groups excluding carboxylic acids is 3. The third kappa shape index (κ3) is 6.62. The van der Waals surface area contributed by atoms with Gasteiger partial charge in [0.2, 0.25) is 11.8 Å². The number of aromatic nitrogens is 7. The second kappa shape index (κ2) is 13.7. The number of hydrogen-bond acceptors (Lipinski definition) is 12. The van der Waals surface area contributed by atoms with E-state index in [9.17, 15) is 23.1 Å². The minimum atomic E-state index is -2.28. The van der Waals surface area contributed by atoms with Crippen LogP contribution in [0.3, 0.4) is 0 Å². The maximum absolute atomic E-state index is 15.3. The van der Waals surface area contributed by atoms with Gasteiger partial charge < -0.3 is 15.1 Å². The van der Waals surface area contributed by atoms with Gasteiger partial charge in [-0.05, 0) is 43.5 Å². The molecular weight excluding hydrogens is 708 g/mol. The Morgan fingerprint density at radius 2 is 1.89 bits per heavy atom. The van der Waals surface area contributed by atoms with E-state index in [0.29, 0.717) is 61.3 Å². The van der Waals surface area contributed by atoms with Crippen molar-refractivity contribution in [2.75, 3.05) is 36.4 Å². The van der Waals surface area contributed by atoms with Gasteiger partial charge in [0.15, 0.2) is 11.6 Å².